The molecule has 0 unspecified atom stereocenters. The van der Waals surface area contributed by atoms with E-state index in [1.54, 1.807) is 6.07 Å². The first kappa shape index (κ1) is 29.6. The van der Waals surface area contributed by atoms with Gasteiger partial charge < -0.3 is 5.32 Å². The third-order valence-electron chi connectivity index (χ3n) is 6.30. The number of benzene rings is 4. The predicted octanol–water partition coefficient (Wildman–Crippen LogP) is 8.20. The molecule has 0 bridgehead atoms. The Bertz CT molecular complexity index is 1580. The van der Waals surface area contributed by atoms with E-state index in [0.717, 1.165) is 6.07 Å². The van der Waals surface area contributed by atoms with Crippen molar-refractivity contribution >= 4 is 5.91 Å². The number of carbonyl (C=O) groups is 1. The second-order valence-corrected chi connectivity index (χ2v) is 9.07. The van der Waals surface area contributed by atoms with Crippen molar-refractivity contribution < 1.29 is 48.7 Å². The summed E-state index contributed by atoms with van der Waals surface area (Å²) in [5, 5.41) is 2.33. The number of alkyl halides is 6. The second kappa shape index (κ2) is 10.9. The highest BCUT2D eigenvalue weighted by molar-refractivity contribution is 5.95. The fourth-order valence-corrected chi connectivity index (χ4v) is 4.37. The average molecular weight is 585 g/mol. The zero-order chi connectivity index (χ0) is 30.2. The molecule has 1 atom stereocenters. The van der Waals surface area contributed by atoms with Crippen LogP contribution in [0.5, 0.6) is 0 Å². The number of carbonyl (C=O) groups excluding carboxylic acids is 1. The van der Waals surface area contributed by atoms with Gasteiger partial charge in [0.2, 0.25) is 0 Å². The summed E-state index contributed by atoms with van der Waals surface area (Å²) in [5.74, 6) is -7.26. The number of hydrogen-bond donors (Lipinski definition) is 1. The van der Waals surface area contributed by atoms with Gasteiger partial charge in [-0.15, -0.1) is 0 Å². The maximum Gasteiger partial charge on any atom is 0.419 e. The molecule has 0 saturated carbocycles. The molecule has 12 heteroatoms. The zero-order valence-corrected chi connectivity index (χ0v) is 20.5. The Balaban J connectivity index is 2.01. The van der Waals surface area contributed by atoms with Gasteiger partial charge in [-0.05, 0) is 65.2 Å². The van der Waals surface area contributed by atoms with Crippen LogP contribution in [0.1, 0.15) is 38.2 Å². The number of rotatable bonds is 6. The summed E-state index contributed by atoms with van der Waals surface area (Å²) < 4.78 is 138. The minimum Gasteiger partial charge on any atom is -0.338 e. The van der Waals surface area contributed by atoms with Crippen molar-refractivity contribution in [2.24, 2.45) is 0 Å². The Labute approximate surface area is 226 Å². The van der Waals surface area contributed by atoms with Crippen LogP contribution in [0.15, 0.2) is 84.9 Å². The van der Waals surface area contributed by atoms with E-state index in [9.17, 15) is 48.7 Å². The molecule has 0 heterocycles. The fraction of sp³-hybridized carbons (Fsp3) is 0.138. The summed E-state index contributed by atoms with van der Waals surface area (Å²) in [6.07, 6.45) is -10.8. The predicted molar refractivity (Wildman–Crippen MR) is 128 cm³/mol. The quantitative estimate of drug-likeness (QED) is 0.227. The van der Waals surface area contributed by atoms with E-state index >= 15 is 0 Å². The zero-order valence-electron chi connectivity index (χ0n) is 20.5. The molecule has 0 aliphatic heterocycles. The lowest BCUT2D eigenvalue weighted by Gasteiger charge is -2.37. The summed E-state index contributed by atoms with van der Waals surface area (Å²) in [7, 11) is 0. The largest absolute Gasteiger partial charge is 0.419 e. The standard InChI is InChI=1S/C29H17F10NO/c30-21-12-19(11-20(13-21)28(34,35)36)27(15-16-4-2-1-3-5-16,18-7-9-24(32)25(33)14-18)40-26(41)17-6-8-23(31)22(10-17)29(37,38)39/h1-14H,15H2,(H,40,41)/t27-/m1/s1. The van der Waals surface area contributed by atoms with Gasteiger partial charge in [0, 0.05) is 12.0 Å². The van der Waals surface area contributed by atoms with Gasteiger partial charge in [0.25, 0.3) is 5.91 Å². The van der Waals surface area contributed by atoms with E-state index in [2.05, 4.69) is 5.32 Å². The van der Waals surface area contributed by atoms with Crippen molar-refractivity contribution in [2.45, 2.75) is 24.3 Å². The minimum atomic E-state index is -5.20. The molecule has 0 saturated heterocycles. The lowest BCUT2D eigenvalue weighted by molar-refractivity contribution is -0.140. The fourth-order valence-electron chi connectivity index (χ4n) is 4.37. The normalized spacial score (nSPS) is 13.5. The lowest BCUT2D eigenvalue weighted by atomic mass is 9.77. The van der Waals surface area contributed by atoms with E-state index in [1.807, 2.05) is 0 Å². The van der Waals surface area contributed by atoms with E-state index in [-0.39, 0.29) is 17.7 Å². The molecule has 1 N–H and O–H groups in total. The molecule has 0 aliphatic rings. The van der Waals surface area contributed by atoms with Gasteiger partial charge in [-0.1, -0.05) is 36.4 Å². The first-order valence-corrected chi connectivity index (χ1v) is 11.7. The van der Waals surface area contributed by atoms with Crippen LogP contribution < -0.4 is 5.32 Å². The molecule has 41 heavy (non-hydrogen) atoms. The van der Waals surface area contributed by atoms with Crippen LogP contribution in [0.25, 0.3) is 0 Å². The summed E-state index contributed by atoms with van der Waals surface area (Å²) in [5.41, 5.74) is -6.96. The molecular weight excluding hydrogens is 568 g/mol. The van der Waals surface area contributed by atoms with Crippen molar-refractivity contribution in [3.05, 3.63) is 142 Å². The lowest BCUT2D eigenvalue weighted by Crippen LogP contribution is -2.49. The molecule has 4 aromatic carbocycles. The van der Waals surface area contributed by atoms with Crippen molar-refractivity contribution in [2.75, 3.05) is 0 Å². The molecule has 0 radical (unpaired) electrons. The molecule has 4 rings (SSSR count). The smallest absolute Gasteiger partial charge is 0.338 e. The van der Waals surface area contributed by atoms with Gasteiger partial charge in [0.1, 0.15) is 11.6 Å². The molecule has 0 aliphatic carbocycles. The Morgan fingerprint density at radius 1 is 0.610 bits per heavy atom. The summed E-state index contributed by atoms with van der Waals surface area (Å²) >= 11 is 0. The molecular formula is C29H17F10NO. The highest BCUT2D eigenvalue weighted by atomic mass is 19.4. The molecule has 214 valence electrons. The van der Waals surface area contributed by atoms with Crippen LogP contribution in [-0.2, 0) is 24.3 Å². The first-order chi connectivity index (χ1) is 19.1. The Morgan fingerprint density at radius 3 is 1.85 bits per heavy atom. The van der Waals surface area contributed by atoms with Crippen LogP contribution in [0.3, 0.4) is 0 Å². The van der Waals surface area contributed by atoms with Crippen molar-refractivity contribution in [1.29, 1.82) is 0 Å². The molecule has 0 aromatic heterocycles. The maximum atomic E-state index is 14.7. The number of nitrogens with one attached hydrogen (secondary N) is 1. The molecule has 0 spiro atoms. The highest BCUT2D eigenvalue weighted by Crippen LogP contribution is 2.39. The topological polar surface area (TPSA) is 29.1 Å². The van der Waals surface area contributed by atoms with Crippen molar-refractivity contribution in [3.8, 4) is 0 Å². The third kappa shape index (κ3) is 6.36. The van der Waals surface area contributed by atoms with Crippen LogP contribution in [0.2, 0.25) is 0 Å². The Hall–Kier alpha value is -4.35. The third-order valence-corrected chi connectivity index (χ3v) is 6.30. The van der Waals surface area contributed by atoms with Gasteiger partial charge in [-0.3, -0.25) is 4.79 Å². The van der Waals surface area contributed by atoms with Crippen LogP contribution in [0.4, 0.5) is 43.9 Å². The van der Waals surface area contributed by atoms with E-state index in [1.165, 1.54) is 24.3 Å². The van der Waals surface area contributed by atoms with Gasteiger partial charge >= 0.3 is 12.4 Å². The van der Waals surface area contributed by atoms with Gasteiger partial charge in [0.05, 0.1) is 16.7 Å². The summed E-state index contributed by atoms with van der Waals surface area (Å²) in [6, 6.07) is 12.3. The monoisotopic (exact) mass is 585 g/mol. The summed E-state index contributed by atoms with van der Waals surface area (Å²) in [4.78, 5) is 13.4. The molecule has 0 fully saturated rings. The van der Waals surface area contributed by atoms with E-state index < -0.39 is 75.7 Å². The first-order valence-electron chi connectivity index (χ1n) is 11.7. The molecule has 4 aromatic rings. The Kier molecular flexibility index (Phi) is 7.88. The highest BCUT2D eigenvalue weighted by Gasteiger charge is 2.41. The molecule has 2 nitrogen and oxygen atoms in total. The molecule has 1 amide bonds. The van der Waals surface area contributed by atoms with E-state index in [0.29, 0.717) is 42.0 Å². The van der Waals surface area contributed by atoms with Crippen LogP contribution in [-0.4, -0.2) is 5.91 Å². The maximum absolute atomic E-state index is 14.7. The van der Waals surface area contributed by atoms with E-state index in [4.69, 9.17) is 0 Å². The van der Waals surface area contributed by atoms with Gasteiger partial charge in [-0.2, -0.15) is 26.3 Å². The average Bonchev–Trinajstić information content (AvgIpc) is 2.89. The minimum absolute atomic E-state index is 0.180. The van der Waals surface area contributed by atoms with Crippen LogP contribution >= 0.6 is 0 Å². The number of halogens is 10. The van der Waals surface area contributed by atoms with Gasteiger partial charge in [0.15, 0.2) is 11.6 Å². The Morgan fingerprint density at radius 2 is 1.24 bits per heavy atom. The van der Waals surface area contributed by atoms with Gasteiger partial charge in [-0.25, -0.2) is 17.6 Å². The number of amides is 1. The number of hydrogen-bond acceptors (Lipinski definition) is 1. The van der Waals surface area contributed by atoms with Crippen molar-refractivity contribution in [1.82, 2.24) is 5.32 Å². The van der Waals surface area contributed by atoms with Crippen molar-refractivity contribution in [3.63, 3.8) is 0 Å². The SMILES string of the molecule is O=C(N[C@@](Cc1ccccc1)(c1cc(F)cc(C(F)(F)F)c1)c1ccc(F)c(F)c1)c1ccc(F)c(C(F)(F)F)c1. The second-order valence-electron chi connectivity index (χ2n) is 9.07. The van der Waals surface area contributed by atoms with Crippen LogP contribution in [0, 0.1) is 23.3 Å². The summed E-state index contributed by atoms with van der Waals surface area (Å²) in [6.45, 7) is 0.